The number of carbonyl (C=O) groups excluding carboxylic acids is 2. The van der Waals surface area contributed by atoms with Crippen molar-refractivity contribution in [3.05, 3.63) is 83.4 Å². The molecule has 0 saturated carbocycles. The Morgan fingerprint density at radius 1 is 1.00 bits per heavy atom. The molecule has 1 N–H and O–H groups in total. The molecular weight excluding hydrogens is 374 g/mol. The second kappa shape index (κ2) is 8.95. The Labute approximate surface area is 176 Å². The van der Waals surface area contributed by atoms with Gasteiger partial charge in [0.25, 0.3) is 5.91 Å². The molecule has 3 aromatic rings. The van der Waals surface area contributed by atoms with E-state index < -0.39 is 0 Å². The first-order valence-electron chi connectivity index (χ1n) is 10.5. The van der Waals surface area contributed by atoms with Crippen LogP contribution < -0.4 is 10.1 Å². The number of Topliss-reactive ketones (excluding diaryl/α,β-unsaturated/α-hetero) is 1. The van der Waals surface area contributed by atoms with Gasteiger partial charge in [0, 0.05) is 17.5 Å². The van der Waals surface area contributed by atoms with Crippen LogP contribution in [0.4, 0.5) is 5.69 Å². The van der Waals surface area contributed by atoms with Crippen molar-refractivity contribution in [2.45, 2.75) is 32.6 Å². The van der Waals surface area contributed by atoms with Crippen molar-refractivity contribution in [1.29, 1.82) is 0 Å². The molecule has 30 heavy (non-hydrogen) atoms. The maximum absolute atomic E-state index is 12.7. The van der Waals surface area contributed by atoms with E-state index in [1.165, 1.54) is 0 Å². The minimum absolute atomic E-state index is 0.0746. The Morgan fingerprint density at radius 3 is 2.63 bits per heavy atom. The third-order valence-corrected chi connectivity index (χ3v) is 5.39. The lowest BCUT2D eigenvalue weighted by atomic mass is 9.95. The molecule has 0 bridgehead atoms. The number of rotatable bonds is 7. The highest BCUT2D eigenvalue weighted by Crippen LogP contribution is 2.38. The van der Waals surface area contributed by atoms with Crippen LogP contribution in [0.25, 0.3) is 11.1 Å². The van der Waals surface area contributed by atoms with Gasteiger partial charge in [-0.15, -0.1) is 0 Å². The number of hydrogen-bond acceptors (Lipinski definition) is 3. The van der Waals surface area contributed by atoms with E-state index in [1.54, 1.807) is 12.1 Å². The maximum atomic E-state index is 12.7. The maximum Gasteiger partial charge on any atom is 0.255 e. The summed E-state index contributed by atoms with van der Waals surface area (Å²) in [5.41, 5.74) is 4.83. The van der Waals surface area contributed by atoms with Crippen molar-refractivity contribution in [2.24, 2.45) is 0 Å². The van der Waals surface area contributed by atoms with Gasteiger partial charge in [0.1, 0.15) is 5.75 Å². The minimum Gasteiger partial charge on any atom is -0.494 e. The van der Waals surface area contributed by atoms with Crippen LogP contribution >= 0.6 is 0 Å². The molecule has 3 aromatic carbocycles. The number of fused-ring (bicyclic) bond motifs is 1. The monoisotopic (exact) mass is 399 g/mol. The number of ketones is 1. The Kier molecular flexibility index (Phi) is 5.94. The molecule has 4 nitrogen and oxygen atoms in total. The van der Waals surface area contributed by atoms with Gasteiger partial charge >= 0.3 is 0 Å². The van der Waals surface area contributed by atoms with Crippen LogP contribution in [-0.2, 0) is 6.42 Å². The van der Waals surface area contributed by atoms with Gasteiger partial charge in [-0.3, -0.25) is 9.59 Å². The normalized spacial score (nSPS) is 12.5. The van der Waals surface area contributed by atoms with E-state index in [4.69, 9.17) is 4.74 Å². The number of ether oxygens (including phenoxy) is 1. The summed E-state index contributed by atoms with van der Waals surface area (Å²) < 4.78 is 5.85. The number of nitrogens with one attached hydrogen (secondary N) is 1. The van der Waals surface area contributed by atoms with Gasteiger partial charge in [0.15, 0.2) is 5.78 Å². The van der Waals surface area contributed by atoms with Crippen molar-refractivity contribution in [3.8, 4) is 16.9 Å². The summed E-state index contributed by atoms with van der Waals surface area (Å²) >= 11 is 0. The number of amides is 1. The van der Waals surface area contributed by atoms with Gasteiger partial charge in [-0.2, -0.15) is 0 Å². The molecule has 4 heteroatoms. The number of carbonyl (C=O) groups is 2. The lowest BCUT2D eigenvalue weighted by Gasteiger charge is -2.15. The molecule has 1 aliphatic carbocycles. The summed E-state index contributed by atoms with van der Waals surface area (Å²) in [4.78, 5) is 25.3. The minimum atomic E-state index is -0.212. The average Bonchev–Trinajstić information content (AvgIpc) is 3.17. The van der Waals surface area contributed by atoms with Crippen LogP contribution in [0.3, 0.4) is 0 Å². The van der Waals surface area contributed by atoms with E-state index in [-0.39, 0.29) is 11.7 Å². The summed E-state index contributed by atoms with van der Waals surface area (Å²) in [6.45, 7) is 2.83. The van der Waals surface area contributed by atoms with Gasteiger partial charge in [-0.25, -0.2) is 0 Å². The van der Waals surface area contributed by atoms with Crippen molar-refractivity contribution >= 4 is 17.4 Å². The smallest absolute Gasteiger partial charge is 0.255 e. The van der Waals surface area contributed by atoms with E-state index in [1.807, 2.05) is 54.6 Å². The van der Waals surface area contributed by atoms with Crippen molar-refractivity contribution in [1.82, 2.24) is 0 Å². The van der Waals surface area contributed by atoms with Crippen molar-refractivity contribution in [2.75, 3.05) is 11.9 Å². The van der Waals surface area contributed by atoms with E-state index in [2.05, 4.69) is 12.2 Å². The molecule has 0 heterocycles. The van der Waals surface area contributed by atoms with Gasteiger partial charge in [-0.05, 0) is 59.9 Å². The molecule has 0 aromatic heterocycles. The quantitative estimate of drug-likeness (QED) is 0.502. The molecule has 0 saturated heterocycles. The van der Waals surface area contributed by atoms with Crippen LogP contribution in [0.15, 0.2) is 66.7 Å². The number of anilines is 1. The third kappa shape index (κ3) is 4.13. The molecule has 0 fully saturated rings. The SMILES string of the molecule is CCCCOc1cccc(-c2ccc(NC(=O)c3ccccc3)c3c2CCC3=O)c1. The Hall–Kier alpha value is -3.40. The summed E-state index contributed by atoms with van der Waals surface area (Å²) in [6.07, 6.45) is 3.25. The second-order valence-electron chi connectivity index (χ2n) is 7.49. The van der Waals surface area contributed by atoms with E-state index in [9.17, 15) is 9.59 Å². The molecule has 1 aliphatic rings. The molecule has 0 radical (unpaired) electrons. The van der Waals surface area contributed by atoms with Crippen LogP contribution in [0.5, 0.6) is 5.75 Å². The highest BCUT2D eigenvalue weighted by atomic mass is 16.5. The van der Waals surface area contributed by atoms with Gasteiger partial charge < -0.3 is 10.1 Å². The van der Waals surface area contributed by atoms with Crippen LogP contribution in [-0.4, -0.2) is 18.3 Å². The summed E-state index contributed by atoms with van der Waals surface area (Å²) in [7, 11) is 0. The van der Waals surface area contributed by atoms with Crippen molar-refractivity contribution < 1.29 is 14.3 Å². The molecule has 152 valence electrons. The molecule has 4 rings (SSSR count). The van der Waals surface area contributed by atoms with E-state index in [0.717, 1.165) is 35.3 Å². The number of unbranched alkanes of at least 4 members (excludes halogenated alkanes) is 1. The van der Waals surface area contributed by atoms with Crippen molar-refractivity contribution in [3.63, 3.8) is 0 Å². The second-order valence-corrected chi connectivity index (χ2v) is 7.49. The molecule has 0 atom stereocenters. The fourth-order valence-corrected chi connectivity index (χ4v) is 3.84. The first-order valence-corrected chi connectivity index (χ1v) is 10.5. The molecule has 1 amide bonds. The average molecular weight is 399 g/mol. The van der Waals surface area contributed by atoms with Crippen LogP contribution in [0.2, 0.25) is 0 Å². The largest absolute Gasteiger partial charge is 0.494 e. The first kappa shape index (κ1) is 19.9. The molecule has 0 aliphatic heterocycles. The van der Waals surface area contributed by atoms with E-state index in [0.29, 0.717) is 36.3 Å². The lowest BCUT2D eigenvalue weighted by molar-refractivity contribution is 0.0995. The van der Waals surface area contributed by atoms with E-state index >= 15 is 0 Å². The van der Waals surface area contributed by atoms with Gasteiger partial charge in [0.2, 0.25) is 0 Å². The number of hydrogen-bond donors (Lipinski definition) is 1. The lowest BCUT2D eigenvalue weighted by Crippen LogP contribution is -2.14. The molecular formula is C26H25NO3. The molecule has 0 spiro atoms. The first-order chi connectivity index (χ1) is 14.7. The standard InChI is InChI=1S/C26H25NO3/c1-2-3-16-30-20-11-7-10-19(17-20)21-12-14-23(25-22(21)13-15-24(25)28)27-26(29)18-8-5-4-6-9-18/h4-12,14,17H,2-3,13,15-16H2,1H3,(H,27,29). The summed E-state index contributed by atoms with van der Waals surface area (Å²) in [5, 5.41) is 2.93. The van der Waals surface area contributed by atoms with Crippen LogP contribution in [0.1, 0.15) is 52.5 Å². The fraction of sp³-hybridized carbons (Fsp3) is 0.231. The van der Waals surface area contributed by atoms with Crippen LogP contribution in [0, 0.1) is 0 Å². The Morgan fingerprint density at radius 2 is 1.83 bits per heavy atom. The summed E-state index contributed by atoms with van der Waals surface area (Å²) in [6, 6.07) is 20.9. The Bertz CT molecular complexity index is 1070. The fourth-order valence-electron chi connectivity index (χ4n) is 3.84. The zero-order chi connectivity index (χ0) is 20.9. The van der Waals surface area contributed by atoms with Gasteiger partial charge in [0.05, 0.1) is 12.3 Å². The zero-order valence-corrected chi connectivity index (χ0v) is 17.1. The Balaban J connectivity index is 1.65. The third-order valence-electron chi connectivity index (χ3n) is 5.39. The zero-order valence-electron chi connectivity index (χ0n) is 17.1. The predicted molar refractivity (Wildman–Crippen MR) is 119 cm³/mol. The number of benzene rings is 3. The highest BCUT2D eigenvalue weighted by molar-refractivity contribution is 6.12. The van der Waals surface area contributed by atoms with Gasteiger partial charge in [-0.1, -0.05) is 49.7 Å². The summed E-state index contributed by atoms with van der Waals surface area (Å²) in [5.74, 6) is 0.697. The predicted octanol–water partition coefficient (Wildman–Crippen LogP) is 5.91. The molecule has 0 unspecified atom stereocenters. The highest BCUT2D eigenvalue weighted by Gasteiger charge is 2.27. The topological polar surface area (TPSA) is 55.4 Å².